The molecule has 1 saturated heterocycles. The number of sulfone groups is 1. The number of nitrogens with two attached hydrogens (primary N) is 1. The molecule has 1 aliphatic heterocycles. The van der Waals surface area contributed by atoms with Gasteiger partial charge in [0.2, 0.25) is 5.91 Å². The molecule has 1 amide bonds. The number of hydrogen-bond donors (Lipinski definition) is 1. The van der Waals surface area contributed by atoms with Crippen molar-refractivity contribution in [3.63, 3.8) is 0 Å². The smallest absolute Gasteiger partial charge is 0.222 e. The van der Waals surface area contributed by atoms with Crippen molar-refractivity contribution in [2.45, 2.75) is 36.6 Å². The Morgan fingerprint density at radius 1 is 1.22 bits per heavy atom. The Morgan fingerprint density at radius 3 is 2.35 bits per heavy atom. The van der Waals surface area contributed by atoms with Crippen molar-refractivity contribution < 1.29 is 13.2 Å². The molecule has 0 spiro atoms. The highest BCUT2D eigenvalue weighted by Crippen LogP contribution is 2.17. The molecule has 1 aromatic rings. The van der Waals surface area contributed by atoms with E-state index >= 15 is 0 Å². The second-order valence-corrected chi connectivity index (χ2v) is 8.62. The van der Waals surface area contributed by atoms with Crippen LogP contribution < -0.4 is 5.73 Å². The lowest BCUT2D eigenvalue weighted by Gasteiger charge is -2.30. The Balaban J connectivity index is 0.00000264. The molecule has 0 aromatic heterocycles. The Kier molecular flexibility index (Phi) is 8.00. The van der Waals surface area contributed by atoms with Crippen molar-refractivity contribution in [1.29, 1.82) is 0 Å². The standard InChI is InChI=1S/C15H21BrN2O3S.ClH/c16-12-3-5-14(6-4-12)22(20,21)11-1-2-15(19)18-9-7-13(17)8-10-18;/h3-6,13H,1-2,7-11,17H2;1H. The molecule has 8 heteroatoms. The number of piperidine rings is 1. The van der Waals surface area contributed by atoms with Gasteiger partial charge in [0.1, 0.15) is 0 Å². The number of nitrogens with zero attached hydrogens (tertiary/aromatic N) is 1. The maximum atomic E-state index is 12.2. The Hall–Kier alpha value is -0.630. The van der Waals surface area contributed by atoms with Crippen LogP contribution in [0.5, 0.6) is 0 Å². The van der Waals surface area contributed by atoms with Crippen LogP contribution in [0.3, 0.4) is 0 Å². The molecular formula is C15H22BrClN2O3S. The number of halogens is 2. The highest BCUT2D eigenvalue weighted by atomic mass is 79.9. The van der Waals surface area contributed by atoms with E-state index in [1.165, 1.54) is 0 Å². The van der Waals surface area contributed by atoms with E-state index in [2.05, 4.69) is 15.9 Å². The molecule has 0 atom stereocenters. The first kappa shape index (κ1) is 20.4. The van der Waals surface area contributed by atoms with Crippen molar-refractivity contribution in [1.82, 2.24) is 4.90 Å². The van der Waals surface area contributed by atoms with Crippen LogP contribution in [0.4, 0.5) is 0 Å². The minimum Gasteiger partial charge on any atom is -0.343 e. The number of carbonyl (C=O) groups is 1. The summed E-state index contributed by atoms with van der Waals surface area (Å²) in [4.78, 5) is 14.1. The third-order valence-electron chi connectivity index (χ3n) is 3.87. The van der Waals surface area contributed by atoms with Gasteiger partial charge in [-0.3, -0.25) is 4.79 Å². The minimum absolute atomic E-state index is 0. The van der Waals surface area contributed by atoms with Gasteiger partial charge in [0.25, 0.3) is 0 Å². The molecule has 1 aromatic carbocycles. The number of benzene rings is 1. The Morgan fingerprint density at radius 2 is 1.78 bits per heavy atom. The van der Waals surface area contributed by atoms with E-state index in [-0.39, 0.29) is 36.5 Å². The van der Waals surface area contributed by atoms with Crippen LogP contribution in [-0.2, 0) is 14.6 Å². The van der Waals surface area contributed by atoms with Crippen molar-refractivity contribution in [3.05, 3.63) is 28.7 Å². The summed E-state index contributed by atoms with van der Waals surface area (Å²) in [6.07, 6.45) is 2.26. The third-order valence-corrected chi connectivity index (χ3v) is 6.21. The molecule has 1 fully saturated rings. The predicted molar refractivity (Wildman–Crippen MR) is 96.5 cm³/mol. The number of rotatable bonds is 5. The van der Waals surface area contributed by atoms with E-state index in [1.54, 1.807) is 29.2 Å². The normalized spacial score (nSPS) is 16.0. The molecule has 130 valence electrons. The summed E-state index contributed by atoms with van der Waals surface area (Å²) >= 11 is 3.28. The fourth-order valence-electron chi connectivity index (χ4n) is 2.48. The summed E-state index contributed by atoms with van der Waals surface area (Å²) in [5.74, 6) is 0.0196. The predicted octanol–water partition coefficient (Wildman–Crippen LogP) is 2.37. The molecule has 2 rings (SSSR count). The molecule has 1 aliphatic rings. The third kappa shape index (κ3) is 6.06. The lowest BCUT2D eigenvalue weighted by Crippen LogP contribution is -2.42. The number of hydrogen-bond acceptors (Lipinski definition) is 4. The van der Waals surface area contributed by atoms with Crippen molar-refractivity contribution >= 4 is 44.1 Å². The summed E-state index contributed by atoms with van der Waals surface area (Å²) < 4.78 is 25.2. The highest BCUT2D eigenvalue weighted by Gasteiger charge is 2.21. The number of carbonyl (C=O) groups excluding carboxylic acids is 1. The zero-order chi connectivity index (χ0) is 16.2. The lowest BCUT2D eigenvalue weighted by molar-refractivity contribution is -0.132. The maximum Gasteiger partial charge on any atom is 0.222 e. The first-order chi connectivity index (χ1) is 10.4. The average Bonchev–Trinajstić information content (AvgIpc) is 2.48. The molecule has 0 radical (unpaired) electrons. The first-order valence-electron chi connectivity index (χ1n) is 7.40. The van der Waals surface area contributed by atoms with Crippen LogP contribution >= 0.6 is 28.3 Å². The van der Waals surface area contributed by atoms with Crippen molar-refractivity contribution in [2.24, 2.45) is 5.73 Å². The second kappa shape index (κ2) is 9.01. The summed E-state index contributed by atoms with van der Waals surface area (Å²) in [7, 11) is -3.32. The topological polar surface area (TPSA) is 80.5 Å². The van der Waals surface area contributed by atoms with Gasteiger partial charge in [-0.15, -0.1) is 12.4 Å². The molecule has 0 unspecified atom stereocenters. The molecule has 1 heterocycles. The van der Waals surface area contributed by atoms with Crippen molar-refractivity contribution in [3.8, 4) is 0 Å². The summed E-state index contributed by atoms with van der Waals surface area (Å²) in [6, 6.07) is 6.74. The lowest BCUT2D eigenvalue weighted by atomic mass is 10.1. The number of amides is 1. The van der Waals surface area contributed by atoms with Gasteiger partial charge in [0, 0.05) is 30.0 Å². The van der Waals surface area contributed by atoms with Crippen LogP contribution in [0.2, 0.25) is 0 Å². The van der Waals surface area contributed by atoms with Crippen molar-refractivity contribution in [2.75, 3.05) is 18.8 Å². The van der Waals surface area contributed by atoms with Gasteiger partial charge in [-0.25, -0.2) is 8.42 Å². The fraction of sp³-hybridized carbons (Fsp3) is 0.533. The van der Waals surface area contributed by atoms with E-state index in [4.69, 9.17) is 5.73 Å². The fourth-order valence-corrected chi connectivity index (χ4v) is 4.06. The van der Waals surface area contributed by atoms with E-state index < -0.39 is 9.84 Å². The summed E-state index contributed by atoms with van der Waals surface area (Å²) in [5, 5.41) is 0. The van der Waals surface area contributed by atoms with Crippen LogP contribution in [-0.4, -0.2) is 44.1 Å². The number of likely N-dealkylation sites (tertiary alicyclic amines) is 1. The van der Waals surface area contributed by atoms with Gasteiger partial charge in [-0.05, 0) is 43.5 Å². The SMILES string of the molecule is Cl.NC1CCN(C(=O)CCCS(=O)(=O)c2ccc(Br)cc2)CC1. The Bertz CT molecular complexity index is 614. The zero-order valence-corrected chi connectivity index (χ0v) is 16.0. The molecule has 0 saturated carbocycles. The van der Waals surface area contributed by atoms with E-state index in [0.717, 1.165) is 17.3 Å². The van der Waals surface area contributed by atoms with Crippen LogP contribution in [0.15, 0.2) is 33.6 Å². The zero-order valence-electron chi connectivity index (χ0n) is 12.8. The van der Waals surface area contributed by atoms with Crippen LogP contribution in [0.25, 0.3) is 0 Å². The molecular weight excluding hydrogens is 404 g/mol. The van der Waals surface area contributed by atoms with E-state index in [1.807, 2.05) is 0 Å². The maximum absolute atomic E-state index is 12.2. The Labute approximate surface area is 152 Å². The monoisotopic (exact) mass is 424 g/mol. The summed E-state index contributed by atoms with van der Waals surface area (Å²) in [6.45, 7) is 1.36. The van der Waals surface area contributed by atoms with Gasteiger partial charge in [0.05, 0.1) is 10.6 Å². The van der Waals surface area contributed by atoms with Gasteiger partial charge in [0.15, 0.2) is 9.84 Å². The van der Waals surface area contributed by atoms with E-state index in [9.17, 15) is 13.2 Å². The molecule has 0 aliphatic carbocycles. The van der Waals surface area contributed by atoms with Crippen LogP contribution in [0.1, 0.15) is 25.7 Å². The van der Waals surface area contributed by atoms with Gasteiger partial charge in [-0.2, -0.15) is 0 Å². The average molecular weight is 426 g/mol. The molecule has 0 bridgehead atoms. The molecule has 2 N–H and O–H groups in total. The van der Waals surface area contributed by atoms with Gasteiger partial charge in [-0.1, -0.05) is 15.9 Å². The highest BCUT2D eigenvalue weighted by molar-refractivity contribution is 9.10. The van der Waals surface area contributed by atoms with Gasteiger partial charge < -0.3 is 10.6 Å². The largest absolute Gasteiger partial charge is 0.343 e. The van der Waals surface area contributed by atoms with E-state index in [0.29, 0.717) is 24.4 Å². The molecule has 23 heavy (non-hydrogen) atoms. The second-order valence-electron chi connectivity index (χ2n) is 5.59. The quantitative estimate of drug-likeness (QED) is 0.785. The first-order valence-corrected chi connectivity index (χ1v) is 9.85. The van der Waals surface area contributed by atoms with Gasteiger partial charge >= 0.3 is 0 Å². The minimum atomic E-state index is -3.32. The van der Waals surface area contributed by atoms with Crippen LogP contribution in [0, 0.1) is 0 Å². The summed E-state index contributed by atoms with van der Waals surface area (Å²) in [5.41, 5.74) is 5.81. The molecule has 5 nitrogen and oxygen atoms in total.